The number of hydrogen-bond donors (Lipinski definition) is 1. The van der Waals surface area contributed by atoms with Crippen LogP contribution >= 0.6 is 11.6 Å². The molecule has 1 N–H and O–H groups in total. The van der Waals surface area contributed by atoms with Gasteiger partial charge in [-0.1, -0.05) is 11.6 Å². The number of nitrogens with one attached hydrogen (secondary N) is 1. The fraction of sp³-hybridized carbons (Fsp3) is 0.467. The maximum atomic E-state index is 12.2. The van der Waals surface area contributed by atoms with Gasteiger partial charge < -0.3 is 15.0 Å². The van der Waals surface area contributed by atoms with E-state index in [-0.39, 0.29) is 18.0 Å². The molecular weight excluding hydrogens is 292 g/mol. The largest absolute Gasteiger partial charge is 0.465 e. The van der Waals surface area contributed by atoms with Crippen molar-refractivity contribution in [3.63, 3.8) is 0 Å². The molecule has 0 radical (unpaired) electrons. The Morgan fingerprint density at radius 1 is 1.48 bits per heavy atom. The van der Waals surface area contributed by atoms with E-state index in [0.717, 1.165) is 18.7 Å². The highest BCUT2D eigenvalue weighted by Gasteiger charge is 2.32. The fourth-order valence-electron chi connectivity index (χ4n) is 2.43. The third-order valence-corrected chi connectivity index (χ3v) is 3.89. The Hall–Kier alpha value is -1.75. The van der Waals surface area contributed by atoms with Crippen LogP contribution in [0.25, 0.3) is 0 Å². The zero-order chi connectivity index (χ0) is 15.6. The summed E-state index contributed by atoms with van der Waals surface area (Å²) in [5, 5.41) is 3.48. The molecule has 1 fully saturated rings. The van der Waals surface area contributed by atoms with Crippen molar-refractivity contribution in [2.45, 2.75) is 32.4 Å². The van der Waals surface area contributed by atoms with Crippen molar-refractivity contribution in [2.24, 2.45) is 0 Å². The molecule has 1 unspecified atom stereocenters. The normalized spacial score (nSPS) is 18.2. The van der Waals surface area contributed by atoms with Gasteiger partial charge in [0.05, 0.1) is 17.7 Å². The molecule has 6 heteroatoms. The Morgan fingerprint density at radius 3 is 2.71 bits per heavy atom. The van der Waals surface area contributed by atoms with Gasteiger partial charge in [-0.15, -0.1) is 0 Å². The lowest BCUT2D eigenvalue weighted by molar-refractivity contribution is -0.129. The van der Waals surface area contributed by atoms with E-state index in [2.05, 4.69) is 10.1 Å². The van der Waals surface area contributed by atoms with E-state index >= 15 is 0 Å². The van der Waals surface area contributed by atoms with E-state index in [1.54, 1.807) is 18.2 Å². The summed E-state index contributed by atoms with van der Waals surface area (Å²) in [4.78, 5) is 25.5. The lowest BCUT2D eigenvalue weighted by atomic mass is 10.1. The van der Waals surface area contributed by atoms with Crippen LogP contribution in [0.5, 0.6) is 0 Å². The van der Waals surface area contributed by atoms with E-state index in [1.165, 1.54) is 7.11 Å². The second-order valence-corrected chi connectivity index (χ2v) is 5.70. The topological polar surface area (TPSA) is 58.6 Å². The van der Waals surface area contributed by atoms with Gasteiger partial charge in [0, 0.05) is 18.3 Å². The molecule has 1 amide bonds. The summed E-state index contributed by atoms with van der Waals surface area (Å²) >= 11 is 6.07. The lowest BCUT2D eigenvalue weighted by Gasteiger charge is -2.21. The van der Waals surface area contributed by atoms with Gasteiger partial charge in [0.15, 0.2) is 0 Å². The van der Waals surface area contributed by atoms with Gasteiger partial charge in [-0.3, -0.25) is 4.79 Å². The quantitative estimate of drug-likeness (QED) is 0.868. The Bertz CT molecular complexity index is 560. The van der Waals surface area contributed by atoms with Crippen LogP contribution in [-0.4, -0.2) is 42.5 Å². The number of carbonyl (C=O) groups is 2. The molecule has 2 rings (SSSR count). The second-order valence-electron chi connectivity index (χ2n) is 5.30. The van der Waals surface area contributed by atoms with Gasteiger partial charge in [-0.05, 0) is 38.5 Å². The number of halogens is 1. The van der Waals surface area contributed by atoms with Crippen LogP contribution in [0.3, 0.4) is 0 Å². The zero-order valence-corrected chi connectivity index (χ0v) is 13.1. The molecule has 1 heterocycles. The highest BCUT2D eigenvalue weighted by Crippen LogP contribution is 2.24. The Labute approximate surface area is 129 Å². The predicted octanol–water partition coefficient (Wildman–Crippen LogP) is 2.55. The number of esters is 1. The molecule has 21 heavy (non-hydrogen) atoms. The summed E-state index contributed by atoms with van der Waals surface area (Å²) in [5.41, 5.74) is 1.03. The number of likely N-dealkylation sites (tertiary alicyclic amines) is 1. The number of ether oxygens (including phenoxy) is 1. The molecule has 5 nitrogen and oxygen atoms in total. The van der Waals surface area contributed by atoms with E-state index in [9.17, 15) is 9.59 Å². The van der Waals surface area contributed by atoms with Gasteiger partial charge in [-0.2, -0.15) is 0 Å². The minimum atomic E-state index is -0.477. The molecule has 0 aromatic heterocycles. The standard InChI is InChI=1S/C15H19ClN2O3/c1-9(2)18-7-6-13(14(18)19)17-10-4-5-11(12(16)8-10)15(20)21-3/h4-5,8-9,13,17H,6-7H2,1-3H3. The van der Waals surface area contributed by atoms with E-state index in [4.69, 9.17) is 11.6 Å². The molecule has 1 aliphatic rings. The smallest absolute Gasteiger partial charge is 0.339 e. The van der Waals surface area contributed by atoms with Gasteiger partial charge in [0.1, 0.15) is 6.04 Å². The molecule has 0 spiro atoms. The van der Waals surface area contributed by atoms with Gasteiger partial charge in [0.2, 0.25) is 5.91 Å². The number of nitrogens with zero attached hydrogens (tertiary/aromatic N) is 1. The first kappa shape index (κ1) is 15.6. The maximum absolute atomic E-state index is 12.2. The van der Waals surface area contributed by atoms with Gasteiger partial charge >= 0.3 is 5.97 Å². The van der Waals surface area contributed by atoms with E-state index in [1.807, 2.05) is 18.7 Å². The predicted molar refractivity (Wildman–Crippen MR) is 81.7 cm³/mol. The summed E-state index contributed by atoms with van der Waals surface area (Å²) in [6.45, 7) is 4.76. The average Bonchev–Trinajstić information content (AvgIpc) is 2.80. The van der Waals surface area contributed by atoms with Crippen LogP contribution in [0.4, 0.5) is 5.69 Å². The molecular formula is C15H19ClN2O3. The summed E-state index contributed by atoms with van der Waals surface area (Å²) in [6.07, 6.45) is 0.757. The first-order valence-electron chi connectivity index (χ1n) is 6.89. The van der Waals surface area contributed by atoms with Crippen LogP contribution in [0.15, 0.2) is 18.2 Å². The molecule has 0 bridgehead atoms. The molecule has 1 saturated heterocycles. The minimum absolute atomic E-state index is 0.0955. The summed E-state index contributed by atoms with van der Waals surface area (Å²) in [5.74, 6) is -0.382. The number of hydrogen-bond acceptors (Lipinski definition) is 4. The number of anilines is 1. The van der Waals surface area contributed by atoms with Crippen LogP contribution in [0, 0.1) is 0 Å². The molecule has 0 saturated carbocycles. The average molecular weight is 311 g/mol. The van der Waals surface area contributed by atoms with Crippen molar-refractivity contribution in [1.82, 2.24) is 4.90 Å². The number of methoxy groups -OCH3 is 1. The van der Waals surface area contributed by atoms with Crippen molar-refractivity contribution >= 4 is 29.2 Å². The molecule has 1 aromatic carbocycles. The number of rotatable bonds is 4. The van der Waals surface area contributed by atoms with Gasteiger partial charge in [0.25, 0.3) is 0 Å². The number of benzene rings is 1. The summed E-state index contributed by atoms with van der Waals surface area (Å²) < 4.78 is 4.64. The molecule has 1 atom stereocenters. The van der Waals surface area contributed by atoms with Crippen LogP contribution in [0.1, 0.15) is 30.6 Å². The Morgan fingerprint density at radius 2 is 2.19 bits per heavy atom. The molecule has 1 aromatic rings. The molecule has 0 aliphatic carbocycles. The van der Waals surface area contributed by atoms with Crippen LogP contribution in [0.2, 0.25) is 5.02 Å². The van der Waals surface area contributed by atoms with Crippen molar-refractivity contribution in [1.29, 1.82) is 0 Å². The van der Waals surface area contributed by atoms with Crippen LogP contribution < -0.4 is 5.32 Å². The fourth-order valence-corrected chi connectivity index (χ4v) is 2.69. The Balaban J connectivity index is 2.09. The lowest BCUT2D eigenvalue weighted by Crippen LogP contribution is -2.37. The first-order chi connectivity index (χ1) is 9.93. The van der Waals surface area contributed by atoms with Crippen molar-refractivity contribution in [3.05, 3.63) is 28.8 Å². The highest BCUT2D eigenvalue weighted by atomic mass is 35.5. The van der Waals surface area contributed by atoms with Crippen molar-refractivity contribution in [3.8, 4) is 0 Å². The maximum Gasteiger partial charge on any atom is 0.339 e. The number of carbonyl (C=O) groups excluding carboxylic acids is 2. The number of amides is 1. The van der Waals surface area contributed by atoms with Crippen molar-refractivity contribution < 1.29 is 14.3 Å². The third kappa shape index (κ3) is 3.29. The third-order valence-electron chi connectivity index (χ3n) is 3.58. The van der Waals surface area contributed by atoms with E-state index < -0.39 is 5.97 Å². The highest BCUT2D eigenvalue weighted by molar-refractivity contribution is 6.33. The Kier molecular flexibility index (Phi) is 4.73. The SMILES string of the molecule is COC(=O)c1ccc(NC2CCN(C(C)C)C2=O)cc1Cl. The first-order valence-corrected chi connectivity index (χ1v) is 7.26. The van der Waals surface area contributed by atoms with Gasteiger partial charge in [-0.25, -0.2) is 4.79 Å². The minimum Gasteiger partial charge on any atom is -0.465 e. The summed E-state index contributed by atoms with van der Waals surface area (Å²) in [7, 11) is 1.31. The summed E-state index contributed by atoms with van der Waals surface area (Å²) in [6, 6.07) is 4.92. The molecule has 114 valence electrons. The van der Waals surface area contributed by atoms with Crippen molar-refractivity contribution in [2.75, 3.05) is 19.0 Å². The van der Waals surface area contributed by atoms with E-state index in [0.29, 0.717) is 10.6 Å². The second kappa shape index (κ2) is 6.35. The molecule has 1 aliphatic heterocycles. The zero-order valence-electron chi connectivity index (χ0n) is 12.4. The monoisotopic (exact) mass is 310 g/mol. The van der Waals surface area contributed by atoms with Crippen LogP contribution in [-0.2, 0) is 9.53 Å².